The first-order valence-electron chi connectivity index (χ1n) is 8.44. The number of nitrogens with zero attached hydrogens (tertiary/aromatic N) is 2. The molecule has 1 amide bonds. The summed E-state index contributed by atoms with van der Waals surface area (Å²) >= 11 is 2.88. The Morgan fingerprint density at radius 3 is 2.89 bits per heavy atom. The zero-order chi connectivity index (χ0) is 18.6. The SMILES string of the molecule is Cc1cccc(CSCc2ccc(C(=O)Nc3cccc4nsnc34)o2)c1. The van der Waals surface area contributed by atoms with Crippen molar-refractivity contribution in [2.24, 2.45) is 0 Å². The molecule has 0 aliphatic rings. The second-order valence-electron chi connectivity index (χ2n) is 6.14. The van der Waals surface area contributed by atoms with E-state index in [2.05, 4.69) is 45.3 Å². The van der Waals surface area contributed by atoms with Gasteiger partial charge in [0.15, 0.2) is 5.76 Å². The maximum atomic E-state index is 12.5. The number of amides is 1. The first kappa shape index (κ1) is 17.8. The molecular weight excluding hydrogens is 378 g/mol. The molecule has 0 saturated heterocycles. The number of rotatable bonds is 6. The third-order valence-corrected chi connectivity index (χ3v) is 5.58. The van der Waals surface area contributed by atoms with Crippen molar-refractivity contribution >= 4 is 46.1 Å². The van der Waals surface area contributed by atoms with Crippen molar-refractivity contribution < 1.29 is 9.21 Å². The highest BCUT2D eigenvalue weighted by Crippen LogP contribution is 2.23. The van der Waals surface area contributed by atoms with Gasteiger partial charge in [-0.1, -0.05) is 35.9 Å². The van der Waals surface area contributed by atoms with Crippen LogP contribution in [0, 0.1) is 6.92 Å². The van der Waals surface area contributed by atoms with Crippen LogP contribution >= 0.6 is 23.5 Å². The number of nitrogens with one attached hydrogen (secondary N) is 1. The van der Waals surface area contributed by atoms with E-state index in [-0.39, 0.29) is 5.91 Å². The number of fused-ring (bicyclic) bond motifs is 1. The van der Waals surface area contributed by atoms with E-state index in [0.717, 1.165) is 28.8 Å². The molecule has 2 aromatic heterocycles. The maximum absolute atomic E-state index is 12.5. The van der Waals surface area contributed by atoms with Gasteiger partial charge in [0, 0.05) is 5.75 Å². The average Bonchev–Trinajstić information content (AvgIpc) is 3.31. The largest absolute Gasteiger partial charge is 0.455 e. The van der Waals surface area contributed by atoms with Crippen molar-refractivity contribution in [3.05, 3.63) is 77.2 Å². The van der Waals surface area contributed by atoms with Gasteiger partial charge in [-0.15, -0.1) is 11.8 Å². The van der Waals surface area contributed by atoms with Crippen LogP contribution in [0.25, 0.3) is 11.0 Å². The van der Waals surface area contributed by atoms with Crippen LogP contribution in [0.15, 0.2) is 59.0 Å². The van der Waals surface area contributed by atoms with E-state index in [0.29, 0.717) is 22.7 Å². The Balaban J connectivity index is 1.37. The van der Waals surface area contributed by atoms with Crippen molar-refractivity contribution in [3.8, 4) is 0 Å². The van der Waals surface area contributed by atoms with Crippen LogP contribution in [0.5, 0.6) is 0 Å². The summed E-state index contributed by atoms with van der Waals surface area (Å²) < 4.78 is 14.1. The zero-order valence-corrected chi connectivity index (χ0v) is 16.3. The van der Waals surface area contributed by atoms with Crippen molar-refractivity contribution in [1.29, 1.82) is 0 Å². The number of anilines is 1. The molecular formula is C20H17N3O2S2. The lowest BCUT2D eigenvalue weighted by Crippen LogP contribution is -2.11. The number of aryl methyl sites for hydroxylation is 1. The van der Waals surface area contributed by atoms with E-state index >= 15 is 0 Å². The van der Waals surface area contributed by atoms with Crippen LogP contribution < -0.4 is 5.32 Å². The van der Waals surface area contributed by atoms with E-state index in [1.165, 1.54) is 11.1 Å². The van der Waals surface area contributed by atoms with Crippen molar-refractivity contribution in [1.82, 2.24) is 8.75 Å². The summed E-state index contributed by atoms with van der Waals surface area (Å²) in [7, 11) is 0. The third kappa shape index (κ3) is 4.20. The monoisotopic (exact) mass is 395 g/mol. The smallest absolute Gasteiger partial charge is 0.291 e. The topological polar surface area (TPSA) is 68.0 Å². The lowest BCUT2D eigenvalue weighted by molar-refractivity contribution is 0.0995. The predicted molar refractivity (Wildman–Crippen MR) is 110 cm³/mol. The van der Waals surface area contributed by atoms with E-state index in [4.69, 9.17) is 4.42 Å². The fourth-order valence-corrected chi connectivity index (χ4v) is 4.16. The molecule has 4 aromatic rings. The second kappa shape index (κ2) is 7.94. The molecule has 0 spiro atoms. The first-order valence-corrected chi connectivity index (χ1v) is 10.3. The van der Waals surface area contributed by atoms with Crippen molar-refractivity contribution in [3.63, 3.8) is 0 Å². The number of furan rings is 1. The number of benzene rings is 2. The molecule has 2 aromatic carbocycles. The van der Waals surface area contributed by atoms with Gasteiger partial charge >= 0.3 is 0 Å². The van der Waals surface area contributed by atoms with Gasteiger partial charge in [-0.2, -0.15) is 8.75 Å². The number of thioether (sulfide) groups is 1. The van der Waals surface area contributed by atoms with Crippen LogP contribution in [0.3, 0.4) is 0 Å². The highest BCUT2D eigenvalue weighted by atomic mass is 32.2. The van der Waals surface area contributed by atoms with E-state index in [1.54, 1.807) is 17.8 Å². The quantitative estimate of drug-likeness (QED) is 0.481. The Morgan fingerprint density at radius 1 is 1.11 bits per heavy atom. The van der Waals surface area contributed by atoms with Gasteiger partial charge in [0.05, 0.1) is 23.2 Å². The first-order chi connectivity index (χ1) is 13.2. The number of hydrogen-bond donors (Lipinski definition) is 1. The van der Waals surface area contributed by atoms with Crippen LogP contribution in [0.4, 0.5) is 5.69 Å². The molecule has 0 aliphatic heterocycles. The number of aromatic nitrogens is 2. The Kier molecular flexibility index (Phi) is 5.22. The number of hydrogen-bond acceptors (Lipinski definition) is 6. The molecule has 7 heteroatoms. The fourth-order valence-electron chi connectivity index (χ4n) is 2.74. The Labute approximate surface area is 165 Å². The number of carbonyl (C=O) groups excluding carboxylic acids is 1. The van der Waals surface area contributed by atoms with Gasteiger partial charge < -0.3 is 9.73 Å². The normalized spacial score (nSPS) is 11.0. The summed E-state index contributed by atoms with van der Waals surface area (Å²) in [6.45, 7) is 2.09. The summed E-state index contributed by atoms with van der Waals surface area (Å²) in [4.78, 5) is 12.5. The number of carbonyl (C=O) groups is 1. The van der Waals surface area contributed by atoms with Gasteiger partial charge in [-0.25, -0.2) is 0 Å². The molecule has 2 heterocycles. The molecule has 0 fully saturated rings. The molecule has 27 heavy (non-hydrogen) atoms. The van der Waals surface area contributed by atoms with Gasteiger partial charge in [0.2, 0.25) is 0 Å². The lowest BCUT2D eigenvalue weighted by Gasteiger charge is -2.04. The molecule has 0 atom stereocenters. The van der Waals surface area contributed by atoms with Crippen LogP contribution in [-0.2, 0) is 11.5 Å². The standard InChI is InChI=1S/C20H17N3O2S2/c1-13-4-2-5-14(10-13)11-26-12-15-8-9-18(25-15)20(24)21-16-6-3-7-17-19(16)23-27-22-17/h2-10H,11-12H2,1H3,(H,21,24). The van der Waals surface area contributed by atoms with E-state index in [9.17, 15) is 4.79 Å². The molecule has 0 saturated carbocycles. The molecule has 1 N–H and O–H groups in total. The molecule has 4 rings (SSSR count). The Morgan fingerprint density at radius 2 is 2.00 bits per heavy atom. The summed E-state index contributed by atoms with van der Waals surface area (Å²) in [5.41, 5.74) is 4.64. The minimum absolute atomic E-state index is 0.287. The minimum Gasteiger partial charge on any atom is -0.455 e. The minimum atomic E-state index is -0.287. The summed E-state index contributed by atoms with van der Waals surface area (Å²) in [6.07, 6.45) is 0. The van der Waals surface area contributed by atoms with Crippen molar-refractivity contribution in [2.45, 2.75) is 18.4 Å². The summed E-state index contributed by atoms with van der Waals surface area (Å²) in [5.74, 6) is 2.41. The van der Waals surface area contributed by atoms with Crippen molar-refractivity contribution in [2.75, 3.05) is 5.32 Å². The van der Waals surface area contributed by atoms with Crippen LogP contribution in [0.2, 0.25) is 0 Å². The molecule has 0 unspecified atom stereocenters. The van der Waals surface area contributed by atoms with Gasteiger partial charge in [0.25, 0.3) is 5.91 Å². The maximum Gasteiger partial charge on any atom is 0.291 e. The molecule has 5 nitrogen and oxygen atoms in total. The van der Waals surface area contributed by atoms with Crippen LogP contribution in [0.1, 0.15) is 27.4 Å². The second-order valence-corrected chi connectivity index (χ2v) is 7.65. The lowest BCUT2D eigenvalue weighted by atomic mass is 10.2. The highest BCUT2D eigenvalue weighted by Gasteiger charge is 2.14. The summed E-state index contributed by atoms with van der Waals surface area (Å²) in [6, 6.07) is 17.5. The Hall–Kier alpha value is -2.64. The molecule has 136 valence electrons. The highest BCUT2D eigenvalue weighted by molar-refractivity contribution is 7.97. The van der Waals surface area contributed by atoms with Gasteiger partial charge in [0.1, 0.15) is 16.8 Å². The summed E-state index contributed by atoms with van der Waals surface area (Å²) in [5, 5.41) is 2.85. The van der Waals surface area contributed by atoms with E-state index in [1.807, 2.05) is 24.3 Å². The molecule has 0 aliphatic carbocycles. The fraction of sp³-hybridized carbons (Fsp3) is 0.150. The molecule has 0 bridgehead atoms. The van der Waals surface area contributed by atoms with E-state index < -0.39 is 0 Å². The molecule has 0 radical (unpaired) electrons. The average molecular weight is 396 g/mol. The van der Waals surface area contributed by atoms with Gasteiger partial charge in [-0.3, -0.25) is 4.79 Å². The Bertz CT molecular complexity index is 1090. The predicted octanol–water partition coefficient (Wildman–Crippen LogP) is 5.28. The zero-order valence-electron chi connectivity index (χ0n) is 14.6. The van der Waals surface area contributed by atoms with Crippen LogP contribution in [-0.4, -0.2) is 14.7 Å². The van der Waals surface area contributed by atoms with Gasteiger partial charge in [-0.05, 0) is 36.8 Å². The third-order valence-electron chi connectivity index (χ3n) is 4.02.